The number of rotatable bonds is 6. The van der Waals surface area contributed by atoms with Crippen LogP contribution in [0.2, 0.25) is 0 Å². The molecule has 0 saturated heterocycles. The van der Waals surface area contributed by atoms with Gasteiger partial charge in [-0.3, -0.25) is 14.5 Å². The van der Waals surface area contributed by atoms with Gasteiger partial charge < -0.3 is 20.3 Å². The maximum Gasteiger partial charge on any atom is 0.319 e. The number of carbonyl (C=O) groups is 2. The van der Waals surface area contributed by atoms with Crippen LogP contribution < -0.4 is 16.2 Å². The minimum Gasteiger partial charge on any atom is -0.480 e. The second kappa shape index (κ2) is 7.79. The Hall–Kier alpha value is -2.87. The number of nitrogens with one attached hydrogen (secondary N) is 2. The molecule has 0 bridgehead atoms. The normalized spacial score (nSPS) is 18.9. The Morgan fingerprint density at radius 2 is 2.04 bits per heavy atom. The molecule has 0 aliphatic heterocycles. The van der Waals surface area contributed by atoms with Crippen LogP contribution in [0.3, 0.4) is 0 Å². The topological polar surface area (TPSA) is 104 Å². The third-order valence-electron chi connectivity index (χ3n) is 5.05. The average molecular weight is 372 g/mol. The number of benzene rings is 1. The van der Waals surface area contributed by atoms with Crippen molar-refractivity contribution in [3.05, 3.63) is 40.8 Å². The molecular weight excluding hydrogens is 348 g/mol. The first-order valence-electron chi connectivity index (χ1n) is 9.00. The Balaban J connectivity index is 1.56. The lowest BCUT2D eigenvalue weighted by Crippen LogP contribution is -2.55. The van der Waals surface area contributed by atoms with Gasteiger partial charge in [-0.15, -0.1) is 0 Å². The number of aliphatic carboxylic acids is 1. The molecule has 0 spiro atoms. The Labute approximate surface area is 156 Å². The zero-order valence-corrected chi connectivity index (χ0v) is 15.4. The van der Waals surface area contributed by atoms with Crippen LogP contribution in [0, 0.1) is 0 Å². The van der Waals surface area contributed by atoms with Crippen LogP contribution in [0.4, 0.5) is 10.5 Å². The van der Waals surface area contributed by atoms with E-state index in [2.05, 4.69) is 10.6 Å². The van der Waals surface area contributed by atoms with Gasteiger partial charge in [0.05, 0.1) is 6.54 Å². The highest BCUT2D eigenvalue weighted by Gasteiger charge is 2.34. The molecule has 0 unspecified atom stereocenters. The van der Waals surface area contributed by atoms with Crippen LogP contribution in [-0.4, -0.2) is 51.7 Å². The maximum atomic E-state index is 12.2. The van der Waals surface area contributed by atoms with Crippen molar-refractivity contribution in [1.82, 2.24) is 14.8 Å². The number of aromatic nitrogens is 1. The summed E-state index contributed by atoms with van der Waals surface area (Å²) in [6.45, 7) is 2.62. The van der Waals surface area contributed by atoms with Gasteiger partial charge in [-0.25, -0.2) is 4.79 Å². The van der Waals surface area contributed by atoms with Gasteiger partial charge in [0.2, 0.25) is 0 Å². The second-order valence-electron chi connectivity index (χ2n) is 6.91. The Bertz CT molecular complexity index is 918. The van der Waals surface area contributed by atoms with E-state index in [4.69, 9.17) is 5.11 Å². The van der Waals surface area contributed by atoms with Crippen molar-refractivity contribution in [3.63, 3.8) is 0 Å². The van der Waals surface area contributed by atoms with Gasteiger partial charge in [0.1, 0.15) is 0 Å². The number of aryl methyl sites for hydroxylation is 1. The molecule has 144 valence electrons. The maximum absolute atomic E-state index is 12.2. The van der Waals surface area contributed by atoms with E-state index in [0.717, 1.165) is 18.2 Å². The lowest BCUT2D eigenvalue weighted by molar-refractivity contribution is -0.139. The minimum atomic E-state index is -0.839. The number of nitrogens with zero attached hydrogens (tertiary/aromatic N) is 2. The van der Waals surface area contributed by atoms with E-state index in [1.165, 1.54) is 4.57 Å². The first-order valence-corrected chi connectivity index (χ1v) is 9.00. The highest BCUT2D eigenvalue weighted by molar-refractivity contribution is 5.93. The van der Waals surface area contributed by atoms with E-state index in [-0.39, 0.29) is 30.2 Å². The van der Waals surface area contributed by atoms with Gasteiger partial charge in [-0.1, -0.05) is 13.0 Å². The van der Waals surface area contributed by atoms with Crippen molar-refractivity contribution in [1.29, 1.82) is 0 Å². The van der Waals surface area contributed by atoms with Crippen molar-refractivity contribution in [3.8, 4) is 0 Å². The Morgan fingerprint density at radius 3 is 2.70 bits per heavy atom. The molecule has 2 amide bonds. The fraction of sp³-hybridized carbons (Fsp3) is 0.421. The summed E-state index contributed by atoms with van der Waals surface area (Å²) in [7, 11) is 1.69. The average Bonchev–Trinajstić information content (AvgIpc) is 2.59. The summed E-state index contributed by atoms with van der Waals surface area (Å²) in [6.07, 6.45) is 3.17. The summed E-state index contributed by atoms with van der Waals surface area (Å²) in [5, 5.41) is 16.0. The molecule has 0 radical (unpaired) electrons. The number of hydrogen-bond donors (Lipinski definition) is 3. The van der Waals surface area contributed by atoms with Crippen molar-refractivity contribution in [2.45, 2.75) is 31.8 Å². The van der Waals surface area contributed by atoms with Crippen LogP contribution >= 0.6 is 0 Å². The summed E-state index contributed by atoms with van der Waals surface area (Å²) in [5.41, 5.74) is 0.441. The number of carbonyl (C=O) groups excluding carboxylic acids is 1. The highest BCUT2D eigenvalue weighted by Crippen LogP contribution is 2.25. The van der Waals surface area contributed by atoms with Gasteiger partial charge in [0.25, 0.3) is 5.56 Å². The molecule has 2 aromatic rings. The third-order valence-corrected chi connectivity index (χ3v) is 5.05. The predicted molar refractivity (Wildman–Crippen MR) is 103 cm³/mol. The van der Waals surface area contributed by atoms with Gasteiger partial charge in [0.15, 0.2) is 0 Å². The predicted octanol–water partition coefficient (Wildman–Crippen LogP) is 1.60. The largest absolute Gasteiger partial charge is 0.480 e. The van der Waals surface area contributed by atoms with Crippen molar-refractivity contribution in [2.75, 3.05) is 18.4 Å². The van der Waals surface area contributed by atoms with Crippen LogP contribution in [-0.2, 0) is 11.8 Å². The quantitative estimate of drug-likeness (QED) is 0.715. The number of amides is 2. The number of carboxylic acids is 1. The zero-order valence-electron chi connectivity index (χ0n) is 15.4. The molecule has 1 aromatic carbocycles. The van der Waals surface area contributed by atoms with Crippen molar-refractivity contribution in [2.24, 2.45) is 7.05 Å². The molecule has 1 aromatic heterocycles. The molecule has 27 heavy (non-hydrogen) atoms. The molecular formula is C19H24N4O4. The molecule has 1 heterocycles. The van der Waals surface area contributed by atoms with Crippen LogP contribution in [0.15, 0.2) is 35.3 Å². The zero-order chi connectivity index (χ0) is 19.6. The fourth-order valence-corrected chi connectivity index (χ4v) is 3.44. The van der Waals surface area contributed by atoms with E-state index in [1.54, 1.807) is 31.4 Å². The molecule has 1 saturated carbocycles. The number of hydrogen-bond acceptors (Lipinski definition) is 4. The molecule has 3 N–H and O–H groups in total. The van der Waals surface area contributed by atoms with E-state index >= 15 is 0 Å². The Morgan fingerprint density at radius 1 is 1.30 bits per heavy atom. The number of urea groups is 1. The smallest absolute Gasteiger partial charge is 0.319 e. The Kier molecular flexibility index (Phi) is 5.46. The molecule has 8 heteroatoms. The number of fused-ring (bicyclic) bond motifs is 1. The first kappa shape index (κ1) is 18.9. The lowest BCUT2D eigenvalue weighted by Gasteiger charge is -2.42. The van der Waals surface area contributed by atoms with Crippen LogP contribution in [0.25, 0.3) is 10.8 Å². The fourth-order valence-electron chi connectivity index (χ4n) is 3.44. The summed E-state index contributed by atoms with van der Waals surface area (Å²) in [6, 6.07) is 6.96. The van der Waals surface area contributed by atoms with Gasteiger partial charge >= 0.3 is 12.0 Å². The summed E-state index contributed by atoms with van der Waals surface area (Å²) in [5.74, 6) is -0.839. The van der Waals surface area contributed by atoms with Crippen LogP contribution in [0.1, 0.15) is 19.8 Å². The summed E-state index contributed by atoms with van der Waals surface area (Å²) < 4.78 is 1.50. The highest BCUT2D eigenvalue weighted by atomic mass is 16.4. The SMILES string of the molecule is CCN(CC(=O)O)C1CC(NC(=O)Nc2ccc3ccn(C)c(=O)c3c2)C1. The molecule has 0 atom stereocenters. The third kappa shape index (κ3) is 4.28. The van der Waals surface area contributed by atoms with Gasteiger partial charge in [-0.05, 0) is 43.0 Å². The van der Waals surface area contributed by atoms with Gasteiger partial charge in [-0.2, -0.15) is 0 Å². The van der Waals surface area contributed by atoms with E-state index in [9.17, 15) is 14.4 Å². The molecule has 1 aliphatic rings. The first-order chi connectivity index (χ1) is 12.9. The molecule has 1 aliphatic carbocycles. The summed E-state index contributed by atoms with van der Waals surface area (Å²) >= 11 is 0. The standard InChI is InChI=1S/C19H24N4O4/c1-3-23(11-17(24)25)15-8-14(9-15)21-19(27)20-13-5-4-12-6-7-22(2)18(26)16(12)10-13/h4-7,10,14-15H,3,8-9,11H2,1-2H3,(H,24,25)(H2,20,21,27). The van der Waals surface area contributed by atoms with Gasteiger partial charge in [0, 0.05) is 36.4 Å². The monoisotopic (exact) mass is 372 g/mol. The summed E-state index contributed by atoms with van der Waals surface area (Å²) in [4.78, 5) is 37.2. The lowest BCUT2D eigenvalue weighted by atomic mass is 9.85. The number of likely N-dealkylation sites (N-methyl/N-ethyl adjacent to an activating group) is 1. The van der Waals surface area contributed by atoms with E-state index in [1.807, 2.05) is 17.9 Å². The number of anilines is 1. The number of carboxylic acid groups (broad SMARTS) is 1. The minimum absolute atomic E-state index is 0.0196. The number of pyridine rings is 1. The van der Waals surface area contributed by atoms with Crippen molar-refractivity contribution < 1.29 is 14.7 Å². The molecule has 8 nitrogen and oxygen atoms in total. The second-order valence-corrected chi connectivity index (χ2v) is 6.91. The van der Waals surface area contributed by atoms with E-state index in [0.29, 0.717) is 17.6 Å². The van der Waals surface area contributed by atoms with E-state index < -0.39 is 5.97 Å². The molecule has 1 fully saturated rings. The van der Waals surface area contributed by atoms with Crippen molar-refractivity contribution >= 4 is 28.5 Å². The van der Waals surface area contributed by atoms with Crippen LogP contribution in [0.5, 0.6) is 0 Å². The molecule has 3 rings (SSSR count).